The normalized spacial score (nSPS) is 10.8. The van der Waals surface area contributed by atoms with Gasteiger partial charge in [0.15, 0.2) is 11.6 Å². The molecule has 2 aromatic rings. The first-order chi connectivity index (χ1) is 8.11. The SMILES string of the molecule is COCc1c(F)cc(-c2cc(N)no2)cc1Br. The number of nitrogens with two attached hydrogens (primary N) is 1. The third-order valence-electron chi connectivity index (χ3n) is 2.24. The first kappa shape index (κ1) is 12.1. The Morgan fingerprint density at radius 3 is 2.76 bits per heavy atom. The van der Waals surface area contributed by atoms with E-state index in [-0.39, 0.29) is 18.2 Å². The quantitative estimate of drug-likeness (QED) is 0.946. The van der Waals surface area contributed by atoms with Crippen molar-refractivity contribution in [2.24, 2.45) is 0 Å². The first-order valence-electron chi connectivity index (χ1n) is 4.81. The third kappa shape index (κ3) is 2.48. The zero-order valence-corrected chi connectivity index (χ0v) is 10.6. The summed E-state index contributed by atoms with van der Waals surface area (Å²) in [6, 6.07) is 4.63. The maximum absolute atomic E-state index is 13.8. The molecule has 0 bridgehead atoms. The van der Waals surface area contributed by atoms with Gasteiger partial charge < -0.3 is 15.0 Å². The number of halogens is 2. The minimum atomic E-state index is -0.369. The van der Waals surface area contributed by atoms with Crippen LogP contribution in [0.4, 0.5) is 10.2 Å². The van der Waals surface area contributed by atoms with Gasteiger partial charge in [0.1, 0.15) is 5.82 Å². The van der Waals surface area contributed by atoms with E-state index in [9.17, 15) is 4.39 Å². The highest BCUT2D eigenvalue weighted by Crippen LogP contribution is 2.29. The molecule has 0 fully saturated rings. The average Bonchev–Trinajstić information content (AvgIpc) is 2.70. The monoisotopic (exact) mass is 300 g/mol. The number of aromatic nitrogens is 1. The van der Waals surface area contributed by atoms with Crippen molar-refractivity contribution in [3.05, 3.63) is 34.1 Å². The van der Waals surface area contributed by atoms with Crippen LogP contribution in [0.1, 0.15) is 5.56 Å². The van der Waals surface area contributed by atoms with Crippen LogP contribution in [0.3, 0.4) is 0 Å². The highest BCUT2D eigenvalue weighted by molar-refractivity contribution is 9.10. The Balaban J connectivity index is 2.45. The molecule has 90 valence electrons. The molecule has 0 unspecified atom stereocenters. The highest BCUT2D eigenvalue weighted by atomic mass is 79.9. The van der Waals surface area contributed by atoms with Crippen molar-refractivity contribution in [2.75, 3.05) is 12.8 Å². The van der Waals surface area contributed by atoms with Gasteiger partial charge in [0, 0.05) is 28.8 Å². The molecule has 0 aliphatic rings. The number of hydrogen-bond acceptors (Lipinski definition) is 4. The van der Waals surface area contributed by atoms with E-state index in [4.69, 9.17) is 15.0 Å². The van der Waals surface area contributed by atoms with Crippen molar-refractivity contribution in [3.8, 4) is 11.3 Å². The molecule has 0 aliphatic heterocycles. The molecule has 0 radical (unpaired) electrons. The molecule has 17 heavy (non-hydrogen) atoms. The van der Waals surface area contributed by atoms with Gasteiger partial charge in [-0.15, -0.1) is 0 Å². The molecule has 6 heteroatoms. The Morgan fingerprint density at radius 2 is 2.24 bits per heavy atom. The lowest BCUT2D eigenvalue weighted by Crippen LogP contribution is -1.95. The van der Waals surface area contributed by atoms with E-state index in [1.807, 2.05) is 0 Å². The summed E-state index contributed by atoms with van der Waals surface area (Å²) in [5.74, 6) is 0.315. The van der Waals surface area contributed by atoms with Crippen LogP contribution in [0, 0.1) is 5.82 Å². The summed E-state index contributed by atoms with van der Waals surface area (Å²) in [5, 5.41) is 3.55. The molecule has 1 aromatic carbocycles. The van der Waals surface area contributed by atoms with Gasteiger partial charge in [0.05, 0.1) is 6.61 Å². The zero-order chi connectivity index (χ0) is 12.4. The van der Waals surface area contributed by atoms with E-state index in [1.54, 1.807) is 6.07 Å². The second kappa shape index (κ2) is 4.85. The molecular formula is C11H10BrFN2O2. The van der Waals surface area contributed by atoms with Crippen molar-refractivity contribution < 1.29 is 13.7 Å². The summed E-state index contributed by atoms with van der Waals surface area (Å²) in [6.07, 6.45) is 0. The molecule has 0 amide bonds. The number of nitrogen functional groups attached to an aromatic ring is 1. The van der Waals surface area contributed by atoms with Crippen molar-refractivity contribution in [1.82, 2.24) is 5.16 Å². The van der Waals surface area contributed by atoms with Gasteiger partial charge in [-0.1, -0.05) is 21.1 Å². The topological polar surface area (TPSA) is 61.3 Å². The molecular weight excluding hydrogens is 291 g/mol. The molecule has 0 saturated heterocycles. The summed E-state index contributed by atoms with van der Waals surface area (Å²) < 4.78 is 24.3. The van der Waals surface area contributed by atoms with Crippen molar-refractivity contribution in [2.45, 2.75) is 6.61 Å². The van der Waals surface area contributed by atoms with Gasteiger partial charge in [-0.2, -0.15) is 0 Å². The molecule has 0 aliphatic carbocycles. The Morgan fingerprint density at radius 1 is 1.47 bits per heavy atom. The van der Waals surface area contributed by atoms with E-state index in [0.29, 0.717) is 21.4 Å². The summed E-state index contributed by atoms with van der Waals surface area (Å²) in [5.41, 5.74) is 6.47. The number of nitrogens with zero attached hydrogens (tertiary/aromatic N) is 1. The van der Waals surface area contributed by atoms with Crippen LogP contribution in [-0.2, 0) is 11.3 Å². The average molecular weight is 301 g/mol. The Bertz CT molecular complexity index is 519. The van der Waals surface area contributed by atoms with Gasteiger partial charge in [0.25, 0.3) is 0 Å². The molecule has 0 atom stereocenters. The Labute approximate surface area is 106 Å². The largest absolute Gasteiger partial charge is 0.381 e. The van der Waals surface area contributed by atoms with Gasteiger partial charge in [-0.05, 0) is 12.1 Å². The minimum absolute atomic E-state index is 0.200. The number of methoxy groups -OCH3 is 1. The summed E-state index contributed by atoms with van der Waals surface area (Å²) in [7, 11) is 1.51. The summed E-state index contributed by atoms with van der Waals surface area (Å²) >= 11 is 3.29. The fourth-order valence-electron chi connectivity index (χ4n) is 1.45. The van der Waals surface area contributed by atoms with Crippen LogP contribution in [-0.4, -0.2) is 12.3 Å². The fourth-order valence-corrected chi connectivity index (χ4v) is 2.00. The van der Waals surface area contributed by atoms with Crippen LogP contribution in [0.2, 0.25) is 0 Å². The zero-order valence-electron chi connectivity index (χ0n) is 9.04. The van der Waals surface area contributed by atoms with E-state index in [1.165, 1.54) is 19.2 Å². The molecule has 0 saturated carbocycles. The predicted octanol–water partition coefficient (Wildman–Crippen LogP) is 2.97. The van der Waals surface area contributed by atoms with E-state index < -0.39 is 0 Å². The first-order valence-corrected chi connectivity index (χ1v) is 5.60. The van der Waals surface area contributed by atoms with Crippen LogP contribution in [0.15, 0.2) is 27.2 Å². The predicted molar refractivity (Wildman–Crippen MR) is 64.7 cm³/mol. The minimum Gasteiger partial charge on any atom is -0.381 e. The Hall–Kier alpha value is -1.40. The standard InChI is InChI=1S/C11H10BrFN2O2/c1-16-5-7-8(12)2-6(3-9(7)13)10-4-11(14)15-17-10/h2-4H,5H2,1H3,(H2,14,15). The van der Waals surface area contributed by atoms with E-state index in [2.05, 4.69) is 21.1 Å². The molecule has 2 rings (SSSR count). The molecule has 1 heterocycles. The van der Waals surface area contributed by atoms with Crippen LogP contribution < -0.4 is 5.73 Å². The lowest BCUT2D eigenvalue weighted by molar-refractivity contribution is 0.181. The maximum atomic E-state index is 13.8. The molecule has 1 aromatic heterocycles. The number of ether oxygens (including phenoxy) is 1. The highest BCUT2D eigenvalue weighted by Gasteiger charge is 2.12. The lowest BCUT2D eigenvalue weighted by Gasteiger charge is -2.06. The van der Waals surface area contributed by atoms with E-state index >= 15 is 0 Å². The number of anilines is 1. The van der Waals surface area contributed by atoms with Crippen molar-refractivity contribution in [1.29, 1.82) is 0 Å². The lowest BCUT2D eigenvalue weighted by atomic mass is 10.1. The molecule has 2 N–H and O–H groups in total. The van der Waals surface area contributed by atoms with E-state index in [0.717, 1.165) is 0 Å². The van der Waals surface area contributed by atoms with Gasteiger partial charge in [-0.3, -0.25) is 0 Å². The molecule has 0 spiro atoms. The second-order valence-electron chi connectivity index (χ2n) is 3.47. The van der Waals surface area contributed by atoms with Crippen LogP contribution >= 0.6 is 15.9 Å². The second-order valence-corrected chi connectivity index (χ2v) is 4.32. The van der Waals surface area contributed by atoms with Crippen LogP contribution in [0.5, 0.6) is 0 Å². The van der Waals surface area contributed by atoms with Crippen molar-refractivity contribution in [3.63, 3.8) is 0 Å². The van der Waals surface area contributed by atoms with Gasteiger partial charge >= 0.3 is 0 Å². The maximum Gasteiger partial charge on any atom is 0.169 e. The van der Waals surface area contributed by atoms with Crippen LogP contribution in [0.25, 0.3) is 11.3 Å². The molecule has 4 nitrogen and oxygen atoms in total. The van der Waals surface area contributed by atoms with Gasteiger partial charge in [0.2, 0.25) is 0 Å². The number of hydrogen-bond donors (Lipinski definition) is 1. The summed E-state index contributed by atoms with van der Waals surface area (Å²) in [4.78, 5) is 0. The smallest absolute Gasteiger partial charge is 0.169 e. The fraction of sp³-hybridized carbons (Fsp3) is 0.182. The number of benzene rings is 1. The summed E-state index contributed by atoms with van der Waals surface area (Å²) in [6.45, 7) is 0.200. The van der Waals surface area contributed by atoms with Gasteiger partial charge in [-0.25, -0.2) is 4.39 Å². The number of rotatable bonds is 3. The Kier molecular flexibility index (Phi) is 3.44. The third-order valence-corrected chi connectivity index (χ3v) is 2.95. The van der Waals surface area contributed by atoms with Crippen molar-refractivity contribution >= 4 is 21.7 Å².